The highest BCUT2D eigenvalue weighted by Crippen LogP contribution is 2.26. The van der Waals surface area contributed by atoms with Gasteiger partial charge in [0.25, 0.3) is 5.89 Å². The Morgan fingerprint density at radius 3 is 2.27 bits per heavy atom. The summed E-state index contributed by atoms with van der Waals surface area (Å²) >= 11 is 0. The Bertz CT molecular complexity index is 870. The molecule has 7 heteroatoms. The fraction of sp³-hybridized carbons (Fsp3) is 0.211. The average molecular weight is 354 g/mol. The summed E-state index contributed by atoms with van der Waals surface area (Å²) in [5.41, 5.74) is 1.10. The number of methoxy groups -OCH3 is 2. The Morgan fingerprint density at radius 2 is 1.65 bits per heavy atom. The van der Waals surface area contributed by atoms with Crippen LogP contribution in [0.2, 0.25) is 0 Å². The highest BCUT2D eigenvalue weighted by Gasteiger charge is 2.21. The topological polar surface area (TPSA) is 83.7 Å². The molecule has 0 unspecified atom stereocenters. The van der Waals surface area contributed by atoms with E-state index in [1.54, 1.807) is 25.1 Å². The summed E-state index contributed by atoms with van der Waals surface area (Å²) in [7, 11) is 3.02. The molecular formula is C19H18N2O5. The summed E-state index contributed by atoms with van der Waals surface area (Å²) < 4.78 is 21.4. The molecule has 0 aliphatic carbocycles. The van der Waals surface area contributed by atoms with Gasteiger partial charge < -0.3 is 18.6 Å². The van der Waals surface area contributed by atoms with Gasteiger partial charge in [-0.05, 0) is 31.2 Å². The minimum absolute atomic E-state index is 0.215. The van der Waals surface area contributed by atoms with Gasteiger partial charge in [0.1, 0.15) is 11.5 Å². The summed E-state index contributed by atoms with van der Waals surface area (Å²) in [5, 5.41) is 7.96. The van der Waals surface area contributed by atoms with Crippen LogP contribution in [0.15, 0.2) is 52.9 Å². The minimum atomic E-state index is -0.704. The first kappa shape index (κ1) is 17.5. The number of nitrogens with zero attached hydrogens (tertiary/aromatic N) is 2. The largest absolute Gasteiger partial charge is 0.497 e. The number of esters is 1. The minimum Gasteiger partial charge on any atom is -0.497 e. The predicted molar refractivity (Wildman–Crippen MR) is 93.1 cm³/mol. The number of carbonyl (C=O) groups is 1. The highest BCUT2D eigenvalue weighted by molar-refractivity contribution is 5.90. The Morgan fingerprint density at radius 1 is 1.00 bits per heavy atom. The third kappa shape index (κ3) is 3.83. The molecule has 2 aromatic carbocycles. The van der Waals surface area contributed by atoms with Crippen LogP contribution in [-0.2, 0) is 4.74 Å². The molecule has 0 bridgehead atoms. The van der Waals surface area contributed by atoms with Gasteiger partial charge in [0, 0.05) is 11.6 Å². The molecule has 134 valence electrons. The van der Waals surface area contributed by atoms with Crippen LogP contribution in [0.1, 0.15) is 29.3 Å². The van der Waals surface area contributed by atoms with Crippen LogP contribution in [0, 0.1) is 0 Å². The van der Waals surface area contributed by atoms with Crippen molar-refractivity contribution >= 4 is 5.97 Å². The molecule has 0 saturated carbocycles. The maximum absolute atomic E-state index is 12.4. The number of ether oxygens (including phenoxy) is 3. The van der Waals surface area contributed by atoms with Gasteiger partial charge in [0.2, 0.25) is 5.89 Å². The smallest absolute Gasteiger partial charge is 0.339 e. The first-order valence-electron chi connectivity index (χ1n) is 7.93. The van der Waals surface area contributed by atoms with Crippen molar-refractivity contribution in [2.75, 3.05) is 14.2 Å². The maximum Gasteiger partial charge on any atom is 0.339 e. The molecule has 0 saturated heterocycles. The molecule has 3 aromatic rings. The van der Waals surface area contributed by atoms with Gasteiger partial charge in [-0.1, -0.05) is 18.2 Å². The molecule has 0 radical (unpaired) electrons. The van der Waals surface area contributed by atoms with Crippen LogP contribution in [0.3, 0.4) is 0 Å². The normalized spacial score (nSPS) is 11.7. The first-order valence-corrected chi connectivity index (χ1v) is 7.93. The van der Waals surface area contributed by atoms with Crippen LogP contribution in [0.5, 0.6) is 11.5 Å². The molecule has 0 N–H and O–H groups in total. The van der Waals surface area contributed by atoms with E-state index in [9.17, 15) is 4.79 Å². The fourth-order valence-electron chi connectivity index (χ4n) is 2.30. The van der Waals surface area contributed by atoms with Crippen molar-refractivity contribution < 1.29 is 23.4 Å². The van der Waals surface area contributed by atoms with Crippen molar-refractivity contribution in [3.05, 3.63) is 60.0 Å². The molecule has 3 rings (SSSR count). The van der Waals surface area contributed by atoms with Crippen molar-refractivity contribution in [3.63, 3.8) is 0 Å². The quantitative estimate of drug-likeness (QED) is 0.624. The number of benzene rings is 2. The summed E-state index contributed by atoms with van der Waals surface area (Å²) in [4.78, 5) is 12.4. The molecule has 1 aromatic heterocycles. The van der Waals surface area contributed by atoms with Gasteiger partial charge in [0.05, 0.1) is 19.8 Å². The summed E-state index contributed by atoms with van der Waals surface area (Å²) in [6.07, 6.45) is -0.704. The average Bonchev–Trinajstić information content (AvgIpc) is 3.18. The second kappa shape index (κ2) is 7.69. The number of hydrogen-bond donors (Lipinski definition) is 0. The van der Waals surface area contributed by atoms with Crippen LogP contribution in [0.4, 0.5) is 0 Å². The lowest BCUT2D eigenvalue weighted by molar-refractivity contribution is 0.0279. The molecule has 7 nitrogen and oxygen atoms in total. The van der Waals surface area contributed by atoms with Gasteiger partial charge in [-0.2, -0.15) is 0 Å². The van der Waals surface area contributed by atoms with Gasteiger partial charge in [-0.15, -0.1) is 10.2 Å². The highest BCUT2D eigenvalue weighted by atomic mass is 16.6. The molecule has 0 fully saturated rings. The molecule has 0 aliphatic heterocycles. The van der Waals surface area contributed by atoms with Gasteiger partial charge in [-0.3, -0.25) is 0 Å². The van der Waals surface area contributed by atoms with Gasteiger partial charge in [0.15, 0.2) is 6.10 Å². The summed E-state index contributed by atoms with van der Waals surface area (Å²) in [5.74, 6) is 1.02. The molecule has 0 amide bonds. The molecule has 0 aliphatic rings. The fourth-order valence-corrected chi connectivity index (χ4v) is 2.30. The van der Waals surface area contributed by atoms with E-state index >= 15 is 0 Å². The van der Waals surface area contributed by atoms with Crippen molar-refractivity contribution in [3.8, 4) is 23.0 Å². The van der Waals surface area contributed by atoms with E-state index in [4.69, 9.17) is 18.6 Å². The first-order chi connectivity index (χ1) is 12.6. The van der Waals surface area contributed by atoms with Crippen molar-refractivity contribution in [2.45, 2.75) is 13.0 Å². The standard InChI is InChI=1S/C19H18N2O5/c1-12(17-20-21-18(26-17)13-7-5-4-6-8-13)25-19(22)14-9-15(23-2)11-16(10-14)24-3/h4-12H,1-3H3/t12-/m1/s1. The van der Waals surface area contributed by atoms with E-state index in [1.807, 2.05) is 30.3 Å². The third-order valence-electron chi connectivity index (χ3n) is 3.68. The van der Waals surface area contributed by atoms with Crippen LogP contribution >= 0.6 is 0 Å². The van der Waals surface area contributed by atoms with E-state index in [0.29, 0.717) is 23.0 Å². The molecule has 26 heavy (non-hydrogen) atoms. The molecule has 1 atom stereocenters. The summed E-state index contributed by atoms with van der Waals surface area (Å²) in [6, 6.07) is 14.2. The summed E-state index contributed by atoms with van der Waals surface area (Å²) in [6.45, 7) is 1.66. The number of hydrogen-bond acceptors (Lipinski definition) is 7. The Labute approximate surface area is 150 Å². The molecule has 0 spiro atoms. The van der Waals surface area contributed by atoms with E-state index in [-0.39, 0.29) is 5.89 Å². The second-order valence-corrected chi connectivity index (χ2v) is 5.46. The lowest BCUT2D eigenvalue weighted by Gasteiger charge is -2.11. The van der Waals surface area contributed by atoms with Crippen LogP contribution < -0.4 is 9.47 Å². The molecule has 1 heterocycles. The lowest BCUT2D eigenvalue weighted by atomic mass is 10.2. The van der Waals surface area contributed by atoms with E-state index in [1.165, 1.54) is 14.2 Å². The van der Waals surface area contributed by atoms with Crippen LogP contribution in [0.25, 0.3) is 11.5 Å². The second-order valence-electron chi connectivity index (χ2n) is 5.46. The zero-order valence-electron chi connectivity index (χ0n) is 14.6. The van der Waals surface area contributed by atoms with Crippen molar-refractivity contribution in [1.82, 2.24) is 10.2 Å². The monoisotopic (exact) mass is 354 g/mol. The van der Waals surface area contributed by atoms with Crippen molar-refractivity contribution in [1.29, 1.82) is 0 Å². The van der Waals surface area contributed by atoms with E-state index in [0.717, 1.165) is 5.56 Å². The zero-order chi connectivity index (χ0) is 18.5. The third-order valence-corrected chi connectivity index (χ3v) is 3.68. The van der Waals surface area contributed by atoms with Crippen molar-refractivity contribution in [2.24, 2.45) is 0 Å². The lowest BCUT2D eigenvalue weighted by Crippen LogP contribution is -2.10. The zero-order valence-corrected chi connectivity index (χ0v) is 14.6. The number of aromatic nitrogens is 2. The van der Waals surface area contributed by atoms with Crippen LogP contribution in [-0.4, -0.2) is 30.4 Å². The maximum atomic E-state index is 12.4. The van der Waals surface area contributed by atoms with E-state index in [2.05, 4.69) is 10.2 Å². The predicted octanol–water partition coefficient (Wildman–Crippen LogP) is 3.67. The number of rotatable bonds is 6. The Balaban J connectivity index is 1.75. The van der Waals surface area contributed by atoms with Gasteiger partial charge in [-0.25, -0.2) is 4.79 Å². The molecular weight excluding hydrogens is 336 g/mol. The van der Waals surface area contributed by atoms with E-state index < -0.39 is 12.1 Å². The number of carbonyl (C=O) groups excluding carboxylic acids is 1. The Hall–Kier alpha value is -3.35. The van der Waals surface area contributed by atoms with Gasteiger partial charge >= 0.3 is 5.97 Å². The SMILES string of the molecule is COc1cc(OC)cc(C(=O)O[C@H](C)c2nnc(-c3ccccc3)o2)c1. The Kier molecular flexibility index (Phi) is 5.17.